The molecule has 2 heterocycles. The maximum absolute atomic E-state index is 12.7. The minimum Gasteiger partial charge on any atom is -0.381 e. The van der Waals surface area contributed by atoms with Crippen LogP contribution < -0.4 is 10.9 Å². The van der Waals surface area contributed by atoms with Crippen molar-refractivity contribution in [2.24, 2.45) is 24.8 Å². The Morgan fingerprint density at radius 3 is 2.49 bits per heavy atom. The molecule has 4 bridgehead atoms. The van der Waals surface area contributed by atoms with Gasteiger partial charge in [-0.05, 0) is 74.1 Å². The number of benzene rings is 1. The molecule has 0 spiro atoms. The van der Waals surface area contributed by atoms with Gasteiger partial charge < -0.3 is 24.7 Å². The Kier molecular flexibility index (Phi) is 5.57. The maximum atomic E-state index is 12.7. The Morgan fingerprint density at radius 1 is 1.14 bits per heavy atom. The highest BCUT2D eigenvalue weighted by Gasteiger charge is 2.58. The van der Waals surface area contributed by atoms with Gasteiger partial charge in [-0.1, -0.05) is 0 Å². The Labute approximate surface area is 214 Å². The van der Waals surface area contributed by atoms with E-state index in [1.165, 1.54) is 10.8 Å². The SMILES string of the molecule is Cn1cc(-c2cc(S(C)(=O)=O)ccc2NC2C3CC4CC2CC(OP(=O)(O)O)(C4)C3)c2cc[nH]c2c1=O. The fraction of sp³-hybridized carbons (Fsp3) is 0.480. The van der Waals surface area contributed by atoms with Crippen molar-refractivity contribution in [3.05, 3.63) is 47.0 Å². The molecule has 1 aromatic carbocycles. The van der Waals surface area contributed by atoms with E-state index in [1.807, 2.05) is 6.07 Å². The van der Waals surface area contributed by atoms with Crippen molar-refractivity contribution in [1.29, 1.82) is 0 Å². The van der Waals surface area contributed by atoms with Crippen molar-refractivity contribution in [1.82, 2.24) is 9.55 Å². The summed E-state index contributed by atoms with van der Waals surface area (Å²) in [6, 6.07) is 6.89. The summed E-state index contributed by atoms with van der Waals surface area (Å²) in [7, 11) is -6.42. The van der Waals surface area contributed by atoms with E-state index in [0.29, 0.717) is 41.6 Å². The summed E-state index contributed by atoms with van der Waals surface area (Å²) in [5.41, 5.74) is 1.66. The molecule has 4 fully saturated rings. The molecule has 0 amide bonds. The van der Waals surface area contributed by atoms with Gasteiger partial charge >= 0.3 is 7.82 Å². The lowest BCUT2D eigenvalue weighted by atomic mass is 9.52. The van der Waals surface area contributed by atoms with Crippen LogP contribution in [0, 0.1) is 17.8 Å². The van der Waals surface area contributed by atoms with Crippen LogP contribution in [0.2, 0.25) is 0 Å². The average Bonchev–Trinajstić information content (AvgIpc) is 3.26. The molecule has 7 rings (SSSR count). The molecule has 37 heavy (non-hydrogen) atoms. The highest BCUT2D eigenvalue weighted by Crippen LogP contribution is 2.61. The molecule has 4 saturated carbocycles. The van der Waals surface area contributed by atoms with E-state index in [9.17, 15) is 27.6 Å². The fourth-order valence-corrected chi connectivity index (χ4v) is 8.69. The fourth-order valence-electron chi connectivity index (χ4n) is 7.32. The van der Waals surface area contributed by atoms with E-state index in [-0.39, 0.29) is 28.3 Å². The molecule has 198 valence electrons. The zero-order valence-corrected chi connectivity index (χ0v) is 22.3. The van der Waals surface area contributed by atoms with E-state index >= 15 is 0 Å². The van der Waals surface area contributed by atoms with Crippen LogP contribution in [0.3, 0.4) is 0 Å². The predicted molar refractivity (Wildman–Crippen MR) is 139 cm³/mol. The molecule has 3 aromatic rings. The first-order valence-electron chi connectivity index (χ1n) is 12.4. The number of H-pyrrole nitrogens is 1. The van der Waals surface area contributed by atoms with Gasteiger partial charge in [-0.15, -0.1) is 0 Å². The van der Waals surface area contributed by atoms with Gasteiger partial charge in [-0.25, -0.2) is 13.0 Å². The lowest BCUT2D eigenvalue weighted by molar-refractivity contribution is -0.122. The molecule has 2 aromatic heterocycles. The van der Waals surface area contributed by atoms with E-state index in [2.05, 4.69) is 10.3 Å². The van der Waals surface area contributed by atoms with Crippen LogP contribution in [0.4, 0.5) is 5.69 Å². The van der Waals surface area contributed by atoms with Crippen LogP contribution in [-0.2, 0) is 26.0 Å². The standard InChI is InChI=1S/C25H30N3O7PS/c1-28-13-20(18-5-6-26-23(18)24(28)29)19-9-17(37(2,33)34)3-4-21(19)27-22-15-7-14-8-16(22)12-25(10-14,11-15)35-36(30,31)32/h3-6,9,13-16,22,26-27H,7-8,10-12H2,1-2H3,(H2,30,31,32). The minimum atomic E-state index is -4.60. The molecule has 0 radical (unpaired) electrons. The lowest BCUT2D eigenvalue weighted by Gasteiger charge is -2.59. The van der Waals surface area contributed by atoms with Crippen LogP contribution in [0.1, 0.15) is 32.1 Å². The number of pyridine rings is 1. The van der Waals surface area contributed by atoms with Crippen molar-refractivity contribution in [2.45, 2.75) is 48.6 Å². The Balaban J connectivity index is 1.42. The van der Waals surface area contributed by atoms with Crippen molar-refractivity contribution < 1.29 is 27.3 Å². The number of anilines is 1. The number of nitrogens with zero attached hydrogens (tertiary/aromatic N) is 1. The van der Waals surface area contributed by atoms with Crippen LogP contribution in [0.5, 0.6) is 0 Å². The van der Waals surface area contributed by atoms with E-state index in [1.54, 1.807) is 37.6 Å². The van der Waals surface area contributed by atoms with E-state index in [0.717, 1.165) is 24.1 Å². The molecule has 2 unspecified atom stereocenters. The number of aromatic nitrogens is 2. The molecule has 4 aliphatic rings. The number of rotatable bonds is 6. The number of phosphoric ester groups is 1. The highest BCUT2D eigenvalue weighted by molar-refractivity contribution is 7.90. The number of phosphoric acid groups is 1. The third-order valence-corrected chi connectivity index (χ3v) is 10.2. The zero-order valence-electron chi connectivity index (χ0n) is 20.5. The lowest BCUT2D eigenvalue weighted by Crippen LogP contribution is -2.59. The van der Waals surface area contributed by atoms with Crippen LogP contribution >= 0.6 is 7.82 Å². The zero-order chi connectivity index (χ0) is 26.3. The van der Waals surface area contributed by atoms with Gasteiger partial charge in [-0.2, -0.15) is 0 Å². The number of fused-ring (bicyclic) bond motifs is 1. The quantitative estimate of drug-likeness (QED) is 0.343. The molecule has 0 aliphatic heterocycles. The summed E-state index contributed by atoms with van der Waals surface area (Å²) in [4.78, 5) is 34.9. The average molecular weight is 548 g/mol. The summed E-state index contributed by atoms with van der Waals surface area (Å²) in [5.74, 6) is 0.720. The van der Waals surface area contributed by atoms with Gasteiger partial charge in [0.05, 0.1) is 10.5 Å². The third-order valence-electron chi connectivity index (χ3n) is 8.46. The number of hydrogen-bond donors (Lipinski definition) is 4. The monoisotopic (exact) mass is 547 g/mol. The minimum absolute atomic E-state index is 0.0575. The highest BCUT2D eigenvalue weighted by atomic mass is 32.2. The molecule has 0 saturated heterocycles. The van der Waals surface area contributed by atoms with Gasteiger partial charge in [0, 0.05) is 53.9 Å². The predicted octanol–water partition coefficient (Wildman–Crippen LogP) is 3.41. The largest absolute Gasteiger partial charge is 0.470 e. The summed E-state index contributed by atoms with van der Waals surface area (Å²) in [6.07, 6.45) is 8.33. The normalized spacial score (nSPS) is 29.2. The first-order valence-corrected chi connectivity index (χ1v) is 15.8. The topological polar surface area (TPSA) is 151 Å². The van der Waals surface area contributed by atoms with Crippen LogP contribution in [0.25, 0.3) is 22.0 Å². The molecule has 12 heteroatoms. The number of aromatic amines is 1. The Morgan fingerprint density at radius 2 is 1.84 bits per heavy atom. The summed E-state index contributed by atoms with van der Waals surface area (Å²) in [6.45, 7) is 0. The van der Waals surface area contributed by atoms with Gasteiger partial charge in [0.2, 0.25) is 0 Å². The maximum Gasteiger partial charge on any atom is 0.470 e. The van der Waals surface area contributed by atoms with Crippen LogP contribution in [0.15, 0.2) is 46.3 Å². The second-order valence-corrected chi connectivity index (χ2v) is 14.3. The smallest absolute Gasteiger partial charge is 0.381 e. The third kappa shape index (κ3) is 4.36. The van der Waals surface area contributed by atoms with Crippen LogP contribution in [-0.4, -0.2) is 45.7 Å². The Bertz CT molecular complexity index is 1610. The Hall–Kier alpha value is -2.43. The summed E-state index contributed by atoms with van der Waals surface area (Å²) < 4.78 is 43.5. The molecule has 4 N–H and O–H groups in total. The summed E-state index contributed by atoms with van der Waals surface area (Å²) >= 11 is 0. The second kappa shape index (κ2) is 8.28. The van der Waals surface area contributed by atoms with Crippen molar-refractivity contribution >= 4 is 34.3 Å². The van der Waals surface area contributed by atoms with Crippen molar-refractivity contribution in [3.63, 3.8) is 0 Å². The van der Waals surface area contributed by atoms with Gasteiger partial charge in [0.25, 0.3) is 5.56 Å². The first kappa shape index (κ1) is 24.9. The number of sulfone groups is 1. The number of hydrogen-bond acceptors (Lipinski definition) is 6. The molecular formula is C25H30N3O7PS. The number of aryl methyl sites for hydroxylation is 1. The van der Waals surface area contributed by atoms with Crippen molar-refractivity contribution in [3.8, 4) is 11.1 Å². The summed E-state index contributed by atoms with van der Waals surface area (Å²) in [5, 5.41) is 4.40. The van der Waals surface area contributed by atoms with E-state index in [4.69, 9.17) is 4.52 Å². The molecular weight excluding hydrogens is 517 g/mol. The molecule has 10 nitrogen and oxygen atoms in total. The molecule has 4 aliphatic carbocycles. The molecule has 2 atom stereocenters. The van der Waals surface area contributed by atoms with E-state index < -0.39 is 23.3 Å². The number of nitrogens with one attached hydrogen (secondary N) is 2. The van der Waals surface area contributed by atoms with Crippen molar-refractivity contribution in [2.75, 3.05) is 11.6 Å². The van der Waals surface area contributed by atoms with Gasteiger partial charge in [-0.3, -0.25) is 9.32 Å². The first-order chi connectivity index (χ1) is 17.3. The second-order valence-electron chi connectivity index (χ2n) is 11.1. The van der Waals surface area contributed by atoms with Gasteiger partial charge in [0.15, 0.2) is 9.84 Å². The van der Waals surface area contributed by atoms with Gasteiger partial charge in [0.1, 0.15) is 5.52 Å².